The lowest BCUT2D eigenvalue weighted by molar-refractivity contribution is -0.0260. The average molecular weight is 429 g/mol. The highest BCUT2D eigenvalue weighted by molar-refractivity contribution is 5.99. The van der Waals surface area contributed by atoms with Crippen molar-refractivity contribution in [3.63, 3.8) is 0 Å². The van der Waals surface area contributed by atoms with Gasteiger partial charge in [0.15, 0.2) is 0 Å². The molecule has 4 heteroatoms. The molecule has 0 aromatic heterocycles. The Kier molecular flexibility index (Phi) is 3.80. The van der Waals surface area contributed by atoms with Crippen LogP contribution in [0.25, 0.3) is 21.9 Å². The van der Waals surface area contributed by atoms with Crippen molar-refractivity contribution in [1.29, 1.82) is 0 Å². The summed E-state index contributed by atoms with van der Waals surface area (Å²) in [6.45, 7) is 6.86. The summed E-state index contributed by atoms with van der Waals surface area (Å²) in [6.07, 6.45) is 3.73. The second kappa shape index (κ2) is 6.14. The van der Waals surface area contributed by atoms with Crippen LogP contribution >= 0.6 is 0 Å². The monoisotopic (exact) mass is 428 g/mol. The highest BCUT2D eigenvalue weighted by atomic mass is 16.5. The summed E-state index contributed by atoms with van der Waals surface area (Å²) in [7, 11) is 0. The maximum atomic E-state index is 11.5. The minimum atomic E-state index is -1.02. The molecule has 2 aliphatic carbocycles. The number of aliphatic hydroxyl groups excluding tert-OH is 1. The molecule has 0 radical (unpaired) electrons. The van der Waals surface area contributed by atoms with Gasteiger partial charge in [0.1, 0.15) is 11.4 Å². The smallest absolute Gasteiger partial charge is 0.336 e. The van der Waals surface area contributed by atoms with Crippen molar-refractivity contribution in [3.05, 3.63) is 65.2 Å². The van der Waals surface area contributed by atoms with Gasteiger partial charge in [0.2, 0.25) is 0 Å². The number of aromatic carboxylic acids is 1. The molecule has 0 amide bonds. The van der Waals surface area contributed by atoms with Crippen LogP contribution in [0.1, 0.15) is 61.5 Å². The van der Waals surface area contributed by atoms with Crippen LogP contribution in [-0.4, -0.2) is 21.8 Å². The van der Waals surface area contributed by atoms with Crippen molar-refractivity contribution in [2.75, 3.05) is 0 Å². The standard InChI is InChI=1S/C28H28O4/c1-26-11-10-19(14-26)28(3)27(26,2)23-13-17(6-9-24(23)32-28)16-4-7-20-18(12-16)5-8-21(25(30)31)22(20)15-29/h4-9,12-13,19,29H,10-11,14-15H2,1-3H3,(H,30,31). The average Bonchev–Trinajstić information content (AvgIpc) is 3.35. The lowest BCUT2D eigenvalue weighted by Crippen LogP contribution is -2.54. The first-order chi connectivity index (χ1) is 15.2. The molecule has 1 heterocycles. The fourth-order valence-corrected chi connectivity index (χ4v) is 7.31. The molecule has 164 valence electrons. The second-order valence-electron chi connectivity index (χ2n) is 10.5. The summed E-state index contributed by atoms with van der Waals surface area (Å²) in [5.74, 6) is 0.606. The van der Waals surface area contributed by atoms with E-state index in [9.17, 15) is 15.0 Å². The number of carboxylic acid groups (broad SMARTS) is 1. The van der Waals surface area contributed by atoms with E-state index < -0.39 is 5.97 Å². The minimum absolute atomic E-state index is 0.00838. The van der Waals surface area contributed by atoms with E-state index in [0.29, 0.717) is 11.5 Å². The third-order valence-electron chi connectivity index (χ3n) is 9.41. The molecular formula is C28H28O4. The van der Waals surface area contributed by atoms with Crippen molar-refractivity contribution >= 4 is 16.7 Å². The third-order valence-corrected chi connectivity index (χ3v) is 9.41. The number of ether oxygens (including phenoxy) is 1. The van der Waals surface area contributed by atoms with Crippen molar-refractivity contribution < 1.29 is 19.7 Å². The van der Waals surface area contributed by atoms with Gasteiger partial charge in [0.25, 0.3) is 0 Å². The summed E-state index contributed by atoms with van der Waals surface area (Å²) < 4.78 is 6.66. The SMILES string of the molecule is CC12CCC(C1)C1(C)Oc3ccc(-c4ccc5c(CO)c(C(=O)O)ccc5c4)cc3C21C. The predicted molar refractivity (Wildman–Crippen MR) is 124 cm³/mol. The van der Waals surface area contributed by atoms with Gasteiger partial charge in [-0.1, -0.05) is 38.1 Å². The largest absolute Gasteiger partial charge is 0.486 e. The molecule has 2 N–H and O–H groups in total. The molecule has 6 rings (SSSR count). The lowest BCUT2D eigenvalue weighted by atomic mass is 9.56. The highest BCUT2D eigenvalue weighted by Gasteiger charge is 2.73. The summed E-state index contributed by atoms with van der Waals surface area (Å²) >= 11 is 0. The number of benzene rings is 3. The quantitative estimate of drug-likeness (QED) is 0.543. The van der Waals surface area contributed by atoms with Crippen LogP contribution in [-0.2, 0) is 12.0 Å². The van der Waals surface area contributed by atoms with Crippen LogP contribution < -0.4 is 4.74 Å². The van der Waals surface area contributed by atoms with Gasteiger partial charge in [-0.25, -0.2) is 4.79 Å². The Bertz CT molecular complexity index is 1310. The molecule has 32 heavy (non-hydrogen) atoms. The maximum absolute atomic E-state index is 11.5. The molecule has 3 aliphatic rings. The summed E-state index contributed by atoms with van der Waals surface area (Å²) in [5.41, 5.74) is 4.25. The van der Waals surface area contributed by atoms with Crippen molar-refractivity contribution in [2.45, 2.75) is 57.7 Å². The van der Waals surface area contributed by atoms with Crippen LogP contribution in [0.5, 0.6) is 5.75 Å². The molecule has 4 nitrogen and oxygen atoms in total. The zero-order valence-electron chi connectivity index (χ0n) is 18.7. The fourth-order valence-electron chi connectivity index (χ4n) is 7.31. The van der Waals surface area contributed by atoms with Crippen LogP contribution in [0.15, 0.2) is 48.5 Å². The molecule has 0 spiro atoms. The Labute approximate surface area is 187 Å². The van der Waals surface area contributed by atoms with E-state index in [1.54, 1.807) is 6.07 Å². The molecule has 2 bridgehead atoms. The van der Waals surface area contributed by atoms with E-state index in [-0.39, 0.29) is 28.6 Å². The molecule has 3 aromatic carbocycles. The molecule has 4 unspecified atom stereocenters. The second-order valence-corrected chi connectivity index (χ2v) is 10.5. The zero-order valence-corrected chi connectivity index (χ0v) is 18.7. The van der Waals surface area contributed by atoms with Crippen molar-refractivity contribution in [2.24, 2.45) is 11.3 Å². The highest BCUT2D eigenvalue weighted by Crippen LogP contribution is 2.73. The number of rotatable bonds is 3. The maximum Gasteiger partial charge on any atom is 0.336 e. The van der Waals surface area contributed by atoms with Gasteiger partial charge in [-0.3, -0.25) is 0 Å². The van der Waals surface area contributed by atoms with E-state index in [4.69, 9.17) is 4.74 Å². The Morgan fingerprint density at radius 1 is 1.06 bits per heavy atom. The van der Waals surface area contributed by atoms with Crippen molar-refractivity contribution in [3.8, 4) is 16.9 Å². The first kappa shape index (κ1) is 19.8. The van der Waals surface area contributed by atoms with Crippen LogP contribution in [0.3, 0.4) is 0 Å². The van der Waals surface area contributed by atoms with Crippen LogP contribution in [0, 0.1) is 11.3 Å². The molecule has 0 saturated heterocycles. The zero-order chi connectivity index (χ0) is 22.5. The van der Waals surface area contributed by atoms with Gasteiger partial charge >= 0.3 is 5.97 Å². The summed E-state index contributed by atoms with van der Waals surface area (Å²) in [5, 5.41) is 20.9. The third kappa shape index (κ3) is 2.19. The molecule has 3 aromatic rings. The normalized spacial score (nSPS) is 32.1. The number of hydrogen-bond acceptors (Lipinski definition) is 3. The minimum Gasteiger partial charge on any atom is -0.486 e. The van der Waals surface area contributed by atoms with Gasteiger partial charge < -0.3 is 14.9 Å². The van der Waals surface area contributed by atoms with E-state index in [2.05, 4.69) is 45.0 Å². The van der Waals surface area contributed by atoms with E-state index >= 15 is 0 Å². The number of carboxylic acids is 1. The molecule has 2 fully saturated rings. The Morgan fingerprint density at radius 3 is 2.56 bits per heavy atom. The molecule has 4 atom stereocenters. The van der Waals surface area contributed by atoms with Gasteiger partial charge in [0.05, 0.1) is 12.2 Å². The van der Waals surface area contributed by atoms with Gasteiger partial charge in [-0.15, -0.1) is 0 Å². The lowest BCUT2D eigenvalue weighted by Gasteiger charge is -2.48. The van der Waals surface area contributed by atoms with E-state index in [0.717, 1.165) is 27.6 Å². The van der Waals surface area contributed by atoms with Crippen molar-refractivity contribution in [1.82, 2.24) is 0 Å². The van der Waals surface area contributed by atoms with E-state index in [1.807, 2.05) is 18.2 Å². The molecule has 1 aliphatic heterocycles. The van der Waals surface area contributed by atoms with Gasteiger partial charge in [0, 0.05) is 11.0 Å². The van der Waals surface area contributed by atoms with Crippen LogP contribution in [0.4, 0.5) is 0 Å². The summed E-state index contributed by atoms with van der Waals surface area (Å²) in [4.78, 5) is 11.5. The predicted octanol–water partition coefficient (Wildman–Crippen LogP) is 5.93. The van der Waals surface area contributed by atoms with E-state index in [1.165, 1.54) is 24.8 Å². The Balaban J connectivity index is 1.48. The number of hydrogen-bond donors (Lipinski definition) is 2. The number of fused-ring (bicyclic) bond motifs is 8. The summed E-state index contributed by atoms with van der Waals surface area (Å²) in [6, 6.07) is 16.0. The van der Waals surface area contributed by atoms with Crippen LogP contribution in [0.2, 0.25) is 0 Å². The number of aliphatic hydroxyl groups is 1. The number of carbonyl (C=O) groups is 1. The first-order valence-corrected chi connectivity index (χ1v) is 11.5. The Morgan fingerprint density at radius 2 is 1.81 bits per heavy atom. The Hall–Kier alpha value is -2.85. The molecule has 2 saturated carbocycles. The van der Waals surface area contributed by atoms with Gasteiger partial charge in [-0.2, -0.15) is 0 Å². The van der Waals surface area contributed by atoms with Gasteiger partial charge in [-0.05, 0) is 89.2 Å². The molecular weight excluding hydrogens is 400 g/mol. The first-order valence-electron chi connectivity index (χ1n) is 11.5. The topological polar surface area (TPSA) is 66.8 Å². The fraction of sp³-hybridized carbons (Fsp3) is 0.393.